The van der Waals surface area contributed by atoms with Crippen molar-refractivity contribution in [2.24, 2.45) is 0 Å². The molecule has 5 heteroatoms. The smallest absolute Gasteiger partial charge is 0.144 e. The van der Waals surface area contributed by atoms with Crippen molar-refractivity contribution in [1.29, 1.82) is 0 Å². The van der Waals surface area contributed by atoms with Crippen LogP contribution in [0.25, 0.3) is 0 Å². The number of carbonyl (C=O) groups is 1. The molecule has 3 rings (SSSR count). The van der Waals surface area contributed by atoms with Crippen molar-refractivity contribution in [3.63, 3.8) is 0 Å². The second-order valence-corrected chi connectivity index (χ2v) is 6.83. The maximum absolute atomic E-state index is 12.3. The Kier molecular flexibility index (Phi) is 5.28. The normalized spacial score (nSPS) is 10.6. The van der Waals surface area contributed by atoms with Crippen molar-refractivity contribution in [3.05, 3.63) is 75.2 Å². The number of ether oxygens (including phenoxy) is 1. The average molecular weight is 358 g/mol. The first kappa shape index (κ1) is 16.7. The van der Waals surface area contributed by atoms with Crippen molar-refractivity contribution in [3.8, 4) is 11.5 Å². The Morgan fingerprint density at radius 1 is 1.21 bits per heavy atom. The van der Waals surface area contributed by atoms with Crippen LogP contribution in [-0.2, 0) is 17.6 Å². The van der Waals surface area contributed by atoms with Crippen LogP contribution in [0, 0.1) is 6.92 Å². The zero-order valence-electron chi connectivity index (χ0n) is 13.2. The van der Waals surface area contributed by atoms with E-state index in [0.717, 1.165) is 16.1 Å². The lowest BCUT2D eigenvalue weighted by Crippen LogP contribution is -2.07. The highest BCUT2D eigenvalue weighted by atomic mass is 35.5. The lowest BCUT2D eigenvalue weighted by atomic mass is 10.1. The number of para-hydroxylation sites is 1. The van der Waals surface area contributed by atoms with E-state index < -0.39 is 0 Å². The summed E-state index contributed by atoms with van der Waals surface area (Å²) in [7, 11) is 0. The van der Waals surface area contributed by atoms with Crippen LogP contribution in [0.4, 0.5) is 0 Å². The van der Waals surface area contributed by atoms with Gasteiger partial charge in [0.2, 0.25) is 0 Å². The molecule has 0 bridgehead atoms. The molecule has 0 N–H and O–H groups in total. The number of halogens is 1. The first-order chi connectivity index (χ1) is 11.6. The van der Waals surface area contributed by atoms with Gasteiger partial charge in [-0.15, -0.1) is 11.3 Å². The van der Waals surface area contributed by atoms with Crippen molar-refractivity contribution in [2.75, 3.05) is 0 Å². The number of hydrogen-bond acceptors (Lipinski definition) is 4. The summed E-state index contributed by atoms with van der Waals surface area (Å²) in [6, 6.07) is 13.1. The predicted molar refractivity (Wildman–Crippen MR) is 97.2 cm³/mol. The lowest BCUT2D eigenvalue weighted by molar-refractivity contribution is -0.117. The molecule has 0 unspecified atom stereocenters. The van der Waals surface area contributed by atoms with Gasteiger partial charge in [0.25, 0.3) is 0 Å². The molecule has 0 aliphatic carbocycles. The zero-order chi connectivity index (χ0) is 16.9. The number of rotatable bonds is 6. The first-order valence-corrected chi connectivity index (χ1v) is 8.79. The van der Waals surface area contributed by atoms with E-state index in [1.54, 1.807) is 6.20 Å². The summed E-state index contributed by atoms with van der Waals surface area (Å²) in [6.45, 7) is 1.93. The van der Waals surface area contributed by atoms with Crippen LogP contribution < -0.4 is 4.74 Å². The fourth-order valence-electron chi connectivity index (χ4n) is 2.34. The average Bonchev–Trinajstić information content (AvgIpc) is 3.05. The second kappa shape index (κ2) is 7.60. The lowest BCUT2D eigenvalue weighted by Gasteiger charge is -2.11. The minimum atomic E-state index is 0.119. The summed E-state index contributed by atoms with van der Waals surface area (Å²) in [5, 5.41) is 3.42. The number of aryl methyl sites for hydroxylation is 1. The number of Topliss-reactive ketones (excluding diaryl/α,β-unsaturated/α-hetero) is 1. The van der Waals surface area contributed by atoms with Gasteiger partial charge in [0.15, 0.2) is 0 Å². The number of aromatic nitrogens is 1. The van der Waals surface area contributed by atoms with E-state index in [9.17, 15) is 4.79 Å². The summed E-state index contributed by atoms with van der Waals surface area (Å²) >= 11 is 7.54. The highest BCUT2D eigenvalue weighted by molar-refractivity contribution is 7.09. The summed E-state index contributed by atoms with van der Waals surface area (Å²) in [5.41, 5.74) is 1.82. The standard InChI is InChI=1S/C19H16ClNO2S/c1-13-10-16(6-7-17(13)20)23-18-5-3-2-4-14(18)11-15(22)12-19-21-8-9-24-19/h2-10H,11-12H2,1H3. The SMILES string of the molecule is Cc1cc(Oc2ccccc2CC(=O)Cc2nccs2)ccc1Cl. The fourth-order valence-corrected chi connectivity index (χ4v) is 3.10. The summed E-state index contributed by atoms with van der Waals surface area (Å²) in [5.74, 6) is 1.51. The second-order valence-electron chi connectivity index (χ2n) is 5.44. The zero-order valence-corrected chi connectivity index (χ0v) is 14.7. The quantitative estimate of drug-likeness (QED) is 0.604. The van der Waals surface area contributed by atoms with Crippen molar-refractivity contribution in [2.45, 2.75) is 19.8 Å². The van der Waals surface area contributed by atoms with Gasteiger partial charge in [0.1, 0.15) is 17.3 Å². The Balaban J connectivity index is 1.75. The number of carbonyl (C=O) groups excluding carboxylic acids is 1. The van der Waals surface area contributed by atoms with Crippen LogP contribution in [0.2, 0.25) is 5.02 Å². The van der Waals surface area contributed by atoms with E-state index in [1.165, 1.54) is 11.3 Å². The van der Waals surface area contributed by atoms with E-state index >= 15 is 0 Å². The number of nitrogens with zero attached hydrogens (tertiary/aromatic N) is 1. The van der Waals surface area contributed by atoms with Crippen LogP contribution >= 0.6 is 22.9 Å². The van der Waals surface area contributed by atoms with Gasteiger partial charge in [-0.2, -0.15) is 0 Å². The Morgan fingerprint density at radius 3 is 2.79 bits per heavy atom. The highest BCUT2D eigenvalue weighted by Gasteiger charge is 2.12. The number of thiazole rings is 1. The summed E-state index contributed by atoms with van der Waals surface area (Å²) in [6.07, 6.45) is 2.39. The van der Waals surface area contributed by atoms with E-state index in [1.807, 2.05) is 54.8 Å². The molecule has 0 fully saturated rings. The van der Waals surface area contributed by atoms with Crippen LogP contribution in [0.1, 0.15) is 16.1 Å². The monoisotopic (exact) mass is 357 g/mol. The predicted octanol–water partition coefficient (Wildman–Crippen LogP) is 5.25. The Morgan fingerprint density at radius 2 is 2.04 bits per heavy atom. The van der Waals surface area contributed by atoms with Gasteiger partial charge in [-0.1, -0.05) is 29.8 Å². The molecule has 1 heterocycles. The van der Waals surface area contributed by atoms with Crippen LogP contribution in [-0.4, -0.2) is 10.8 Å². The number of ketones is 1. The molecule has 0 radical (unpaired) electrons. The van der Waals surface area contributed by atoms with Gasteiger partial charge in [-0.25, -0.2) is 4.98 Å². The largest absolute Gasteiger partial charge is 0.457 e. The number of benzene rings is 2. The third-order valence-electron chi connectivity index (χ3n) is 3.55. The maximum Gasteiger partial charge on any atom is 0.144 e. The van der Waals surface area contributed by atoms with Crippen molar-refractivity contribution >= 4 is 28.7 Å². The molecule has 2 aromatic carbocycles. The Labute approximate surface area is 149 Å². The first-order valence-electron chi connectivity index (χ1n) is 7.54. The minimum Gasteiger partial charge on any atom is -0.457 e. The topological polar surface area (TPSA) is 39.2 Å². The van der Waals surface area contributed by atoms with E-state index in [4.69, 9.17) is 16.3 Å². The molecule has 24 heavy (non-hydrogen) atoms. The third-order valence-corrected chi connectivity index (χ3v) is 4.75. The van der Waals surface area contributed by atoms with Gasteiger partial charge in [-0.3, -0.25) is 4.79 Å². The molecular weight excluding hydrogens is 342 g/mol. The van der Waals surface area contributed by atoms with Crippen molar-refractivity contribution < 1.29 is 9.53 Å². The van der Waals surface area contributed by atoms with Gasteiger partial charge >= 0.3 is 0 Å². The molecule has 0 amide bonds. The van der Waals surface area contributed by atoms with Crippen LogP contribution in [0.5, 0.6) is 11.5 Å². The van der Waals surface area contributed by atoms with Crippen molar-refractivity contribution in [1.82, 2.24) is 4.98 Å². The molecule has 0 saturated heterocycles. The summed E-state index contributed by atoms with van der Waals surface area (Å²) in [4.78, 5) is 16.4. The Bertz CT molecular complexity index is 846. The molecule has 0 saturated carbocycles. The third kappa shape index (κ3) is 4.22. The van der Waals surface area contributed by atoms with Gasteiger partial charge in [0.05, 0.1) is 11.4 Å². The van der Waals surface area contributed by atoms with Gasteiger partial charge in [0, 0.05) is 28.6 Å². The van der Waals surface area contributed by atoms with Gasteiger partial charge < -0.3 is 4.74 Å². The molecule has 3 nitrogen and oxygen atoms in total. The highest BCUT2D eigenvalue weighted by Crippen LogP contribution is 2.28. The molecule has 0 atom stereocenters. The summed E-state index contributed by atoms with van der Waals surface area (Å²) < 4.78 is 5.96. The molecule has 3 aromatic rings. The Hall–Kier alpha value is -2.17. The molecular formula is C19H16ClNO2S. The van der Waals surface area contributed by atoms with E-state index in [-0.39, 0.29) is 5.78 Å². The maximum atomic E-state index is 12.3. The number of hydrogen-bond donors (Lipinski definition) is 0. The molecule has 122 valence electrons. The van der Waals surface area contributed by atoms with Crippen LogP contribution in [0.15, 0.2) is 54.0 Å². The van der Waals surface area contributed by atoms with E-state index in [0.29, 0.717) is 29.4 Å². The van der Waals surface area contributed by atoms with Gasteiger partial charge in [-0.05, 0) is 36.8 Å². The van der Waals surface area contributed by atoms with Crippen LogP contribution in [0.3, 0.4) is 0 Å². The molecule has 0 spiro atoms. The fraction of sp³-hybridized carbons (Fsp3) is 0.158. The molecule has 1 aromatic heterocycles. The molecule has 0 aliphatic rings. The minimum absolute atomic E-state index is 0.119. The molecule has 0 aliphatic heterocycles. The van der Waals surface area contributed by atoms with E-state index in [2.05, 4.69) is 4.98 Å².